The van der Waals surface area contributed by atoms with Gasteiger partial charge in [0.15, 0.2) is 0 Å². The highest BCUT2D eigenvalue weighted by Gasteiger charge is 2.00. The maximum atomic E-state index is 5.29. The maximum Gasteiger partial charge on any atom is 0.0477 e. The molecule has 0 spiro atoms. The summed E-state index contributed by atoms with van der Waals surface area (Å²) in [6.07, 6.45) is 3.63. The Bertz CT molecular complexity index is 125. The highest BCUT2D eigenvalue weighted by Crippen LogP contribution is 1.92. The van der Waals surface area contributed by atoms with Crippen LogP contribution < -0.4 is 5.32 Å². The highest BCUT2D eigenvalue weighted by atomic mass is 16.5. The number of nitrogens with one attached hydrogen (secondary N) is 1. The monoisotopic (exact) mass is 230 g/mol. The van der Waals surface area contributed by atoms with Crippen molar-refractivity contribution < 1.29 is 4.74 Å². The van der Waals surface area contributed by atoms with Gasteiger partial charge in [0.1, 0.15) is 0 Å². The SMILES string of the molecule is CCCN(CCC)CCNCCCOCC. The second kappa shape index (κ2) is 12.9. The smallest absolute Gasteiger partial charge is 0.0477 e. The van der Waals surface area contributed by atoms with Crippen molar-refractivity contribution in [1.29, 1.82) is 0 Å². The van der Waals surface area contributed by atoms with Gasteiger partial charge >= 0.3 is 0 Å². The van der Waals surface area contributed by atoms with Crippen molar-refractivity contribution in [3.8, 4) is 0 Å². The quantitative estimate of drug-likeness (QED) is 0.520. The van der Waals surface area contributed by atoms with Crippen LogP contribution in [0.25, 0.3) is 0 Å². The Labute approximate surface area is 102 Å². The molecule has 1 N–H and O–H groups in total. The fraction of sp³-hybridized carbons (Fsp3) is 1.00. The number of nitrogens with zero attached hydrogens (tertiary/aromatic N) is 1. The molecule has 0 aliphatic carbocycles. The summed E-state index contributed by atoms with van der Waals surface area (Å²) in [7, 11) is 0. The summed E-state index contributed by atoms with van der Waals surface area (Å²) >= 11 is 0. The molecule has 0 aromatic rings. The van der Waals surface area contributed by atoms with E-state index in [1.165, 1.54) is 32.5 Å². The molecular formula is C13H30N2O. The van der Waals surface area contributed by atoms with E-state index in [0.29, 0.717) is 0 Å². The minimum Gasteiger partial charge on any atom is -0.382 e. The fourth-order valence-electron chi connectivity index (χ4n) is 1.77. The van der Waals surface area contributed by atoms with E-state index < -0.39 is 0 Å². The second-order valence-corrected chi connectivity index (χ2v) is 4.14. The minimum absolute atomic E-state index is 0.834. The number of rotatable bonds is 12. The Morgan fingerprint density at radius 2 is 1.62 bits per heavy atom. The number of ether oxygens (including phenoxy) is 1. The molecule has 0 heterocycles. The number of hydrogen-bond acceptors (Lipinski definition) is 3. The Morgan fingerprint density at radius 1 is 0.938 bits per heavy atom. The van der Waals surface area contributed by atoms with Crippen LogP contribution in [-0.4, -0.2) is 50.8 Å². The predicted molar refractivity (Wildman–Crippen MR) is 71.0 cm³/mol. The molecule has 0 unspecified atom stereocenters. The number of hydrogen-bond donors (Lipinski definition) is 1. The maximum absolute atomic E-state index is 5.29. The van der Waals surface area contributed by atoms with Crippen LogP contribution >= 0.6 is 0 Å². The first kappa shape index (κ1) is 15.9. The lowest BCUT2D eigenvalue weighted by atomic mass is 10.3. The van der Waals surface area contributed by atoms with Crippen molar-refractivity contribution in [2.45, 2.75) is 40.0 Å². The molecule has 3 nitrogen and oxygen atoms in total. The summed E-state index contributed by atoms with van der Waals surface area (Å²) in [5.41, 5.74) is 0. The van der Waals surface area contributed by atoms with Crippen molar-refractivity contribution in [3.05, 3.63) is 0 Å². The van der Waals surface area contributed by atoms with Crippen LogP contribution in [0.5, 0.6) is 0 Å². The van der Waals surface area contributed by atoms with Gasteiger partial charge in [-0.15, -0.1) is 0 Å². The Hall–Kier alpha value is -0.120. The molecule has 0 atom stereocenters. The predicted octanol–water partition coefficient (Wildman–Crippen LogP) is 2.12. The van der Waals surface area contributed by atoms with Crippen molar-refractivity contribution in [2.75, 3.05) is 45.9 Å². The van der Waals surface area contributed by atoms with Gasteiger partial charge in [0, 0.05) is 26.3 Å². The van der Waals surface area contributed by atoms with Gasteiger partial charge in [-0.05, 0) is 45.8 Å². The van der Waals surface area contributed by atoms with Gasteiger partial charge in [-0.1, -0.05) is 13.8 Å². The van der Waals surface area contributed by atoms with Crippen LogP contribution in [0.2, 0.25) is 0 Å². The average molecular weight is 230 g/mol. The summed E-state index contributed by atoms with van der Waals surface area (Å²) < 4.78 is 5.29. The summed E-state index contributed by atoms with van der Waals surface area (Å²) in [4.78, 5) is 2.54. The Morgan fingerprint density at radius 3 is 2.19 bits per heavy atom. The molecule has 0 saturated carbocycles. The molecule has 0 rings (SSSR count). The summed E-state index contributed by atoms with van der Waals surface area (Å²) in [5, 5.41) is 3.47. The first-order chi connectivity index (χ1) is 7.85. The zero-order chi connectivity index (χ0) is 12.1. The zero-order valence-corrected chi connectivity index (χ0v) is 11.4. The third-order valence-corrected chi connectivity index (χ3v) is 2.53. The molecule has 0 aromatic carbocycles. The molecular weight excluding hydrogens is 200 g/mol. The molecule has 0 aliphatic heterocycles. The van der Waals surface area contributed by atoms with Crippen LogP contribution in [-0.2, 0) is 4.74 Å². The third-order valence-electron chi connectivity index (χ3n) is 2.53. The van der Waals surface area contributed by atoms with Gasteiger partial charge in [-0.2, -0.15) is 0 Å². The van der Waals surface area contributed by atoms with Crippen LogP contribution in [0.15, 0.2) is 0 Å². The molecule has 0 aliphatic rings. The normalized spacial score (nSPS) is 11.2. The molecule has 3 heteroatoms. The Balaban J connectivity index is 3.25. The van der Waals surface area contributed by atoms with Gasteiger partial charge in [-0.3, -0.25) is 0 Å². The molecule has 0 saturated heterocycles. The molecule has 16 heavy (non-hydrogen) atoms. The van der Waals surface area contributed by atoms with E-state index in [1.807, 2.05) is 6.92 Å². The van der Waals surface area contributed by atoms with E-state index in [0.717, 1.165) is 32.7 Å². The first-order valence-electron chi connectivity index (χ1n) is 6.85. The lowest BCUT2D eigenvalue weighted by molar-refractivity contribution is 0.144. The van der Waals surface area contributed by atoms with Gasteiger partial charge in [-0.25, -0.2) is 0 Å². The van der Waals surface area contributed by atoms with E-state index in [2.05, 4.69) is 24.1 Å². The van der Waals surface area contributed by atoms with Crippen molar-refractivity contribution in [2.24, 2.45) is 0 Å². The average Bonchev–Trinajstić information content (AvgIpc) is 2.28. The Kier molecular flexibility index (Phi) is 12.9. The lowest BCUT2D eigenvalue weighted by Crippen LogP contribution is -2.33. The van der Waals surface area contributed by atoms with Crippen LogP contribution in [0.3, 0.4) is 0 Å². The third kappa shape index (κ3) is 10.4. The zero-order valence-electron chi connectivity index (χ0n) is 11.4. The van der Waals surface area contributed by atoms with Crippen molar-refractivity contribution >= 4 is 0 Å². The second-order valence-electron chi connectivity index (χ2n) is 4.14. The van der Waals surface area contributed by atoms with Crippen molar-refractivity contribution in [3.63, 3.8) is 0 Å². The first-order valence-corrected chi connectivity index (χ1v) is 6.85. The van der Waals surface area contributed by atoms with Gasteiger partial charge in [0.2, 0.25) is 0 Å². The summed E-state index contributed by atoms with van der Waals surface area (Å²) in [6.45, 7) is 14.1. The summed E-state index contributed by atoms with van der Waals surface area (Å²) in [6, 6.07) is 0. The summed E-state index contributed by atoms with van der Waals surface area (Å²) in [5.74, 6) is 0. The van der Waals surface area contributed by atoms with Crippen LogP contribution in [0.4, 0.5) is 0 Å². The van der Waals surface area contributed by atoms with Gasteiger partial charge in [0.05, 0.1) is 0 Å². The highest BCUT2D eigenvalue weighted by molar-refractivity contribution is 4.58. The van der Waals surface area contributed by atoms with Crippen LogP contribution in [0.1, 0.15) is 40.0 Å². The van der Waals surface area contributed by atoms with Gasteiger partial charge < -0.3 is 15.0 Å². The van der Waals surface area contributed by atoms with Crippen LogP contribution in [0, 0.1) is 0 Å². The lowest BCUT2D eigenvalue weighted by Gasteiger charge is -2.20. The molecule has 0 aromatic heterocycles. The topological polar surface area (TPSA) is 24.5 Å². The fourth-order valence-corrected chi connectivity index (χ4v) is 1.77. The standard InChI is InChI=1S/C13H30N2O/c1-4-10-15(11-5-2)12-9-14-8-7-13-16-6-3/h14H,4-13H2,1-3H3. The van der Waals surface area contributed by atoms with E-state index >= 15 is 0 Å². The molecule has 0 fully saturated rings. The molecule has 0 radical (unpaired) electrons. The van der Waals surface area contributed by atoms with E-state index in [-0.39, 0.29) is 0 Å². The molecule has 98 valence electrons. The minimum atomic E-state index is 0.834. The van der Waals surface area contributed by atoms with E-state index in [9.17, 15) is 0 Å². The largest absolute Gasteiger partial charge is 0.382 e. The van der Waals surface area contributed by atoms with Gasteiger partial charge in [0.25, 0.3) is 0 Å². The molecule has 0 amide bonds. The van der Waals surface area contributed by atoms with E-state index in [4.69, 9.17) is 4.74 Å². The molecule has 0 bridgehead atoms. The van der Waals surface area contributed by atoms with Crippen molar-refractivity contribution in [1.82, 2.24) is 10.2 Å². The van der Waals surface area contributed by atoms with E-state index in [1.54, 1.807) is 0 Å².